The summed E-state index contributed by atoms with van der Waals surface area (Å²) in [4.78, 5) is 29.3. The van der Waals surface area contributed by atoms with Crippen molar-refractivity contribution < 1.29 is 14.3 Å². The van der Waals surface area contributed by atoms with Crippen molar-refractivity contribution in [3.63, 3.8) is 0 Å². The lowest BCUT2D eigenvalue weighted by atomic mass is 10.1. The van der Waals surface area contributed by atoms with Gasteiger partial charge in [-0.1, -0.05) is 12.8 Å². The van der Waals surface area contributed by atoms with Gasteiger partial charge in [-0.05, 0) is 43.5 Å². The number of ether oxygens (including phenoxy) is 1. The average molecular weight is 371 g/mol. The van der Waals surface area contributed by atoms with Gasteiger partial charge >= 0.3 is 0 Å². The zero-order valence-electron chi connectivity index (χ0n) is 16.1. The molecule has 146 valence electrons. The van der Waals surface area contributed by atoms with E-state index < -0.39 is 0 Å². The molecule has 3 fully saturated rings. The number of likely N-dealkylation sites (tertiary alicyclic amines) is 1. The number of carbonyl (C=O) groups is 2. The molecular weight excluding hydrogens is 342 g/mol. The lowest BCUT2D eigenvalue weighted by Gasteiger charge is -2.29. The summed E-state index contributed by atoms with van der Waals surface area (Å²) in [6.45, 7) is 5.89. The SMILES string of the molecule is Cc1cc(N2CCOCC2)ccc1NC(=O)C1CC(=O)N(C2CCCC2)C1. The first-order valence-corrected chi connectivity index (χ1v) is 10.2. The number of nitrogens with one attached hydrogen (secondary N) is 1. The third kappa shape index (κ3) is 3.95. The second-order valence-electron chi connectivity index (χ2n) is 7.97. The fourth-order valence-electron chi connectivity index (χ4n) is 4.52. The summed E-state index contributed by atoms with van der Waals surface area (Å²) in [6.07, 6.45) is 4.90. The Kier molecular flexibility index (Phi) is 5.34. The summed E-state index contributed by atoms with van der Waals surface area (Å²) in [6, 6.07) is 6.50. The number of morpholine rings is 1. The van der Waals surface area contributed by atoms with Crippen LogP contribution in [0.15, 0.2) is 18.2 Å². The smallest absolute Gasteiger partial charge is 0.229 e. The van der Waals surface area contributed by atoms with Crippen LogP contribution in [0.25, 0.3) is 0 Å². The van der Waals surface area contributed by atoms with Gasteiger partial charge in [0.25, 0.3) is 0 Å². The van der Waals surface area contributed by atoms with Crippen LogP contribution in [0.1, 0.15) is 37.7 Å². The van der Waals surface area contributed by atoms with Gasteiger partial charge in [-0.2, -0.15) is 0 Å². The van der Waals surface area contributed by atoms with Crippen molar-refractivity contribution in [3.8, 4) is 0 Å². The minimum atomic E-state index is -0.239. The van der Waals surface area contributed by atoms with E-state index >= 15 is 0 Å². The monoisotopic (exact) mass is 371 g/mol. The Balaban J connectivity index is 1.38. The quantitative estimate of drug-likeness (QED) is 0.884. The molecule has 3 aliphatic rings. The number of carbonyl (C=O) groups excluding carboxylic acids is 2. The van der Waals surface area contributed by atoms with E-state index in [0.717, 1.165) is 56.1 Å². The maximum atomic E-state index is 12.7. The minimum absolute atomic E-state index is 0.0360. The van der Waals surface area contributed by atoms with E-state index in [4.69, 9.17) is 4.74 Å². The number of benzene rings is 1. The van der Waals surface area contributed by atoms with Crippen molar-refractivity contribution in [2.24, 2.45) is 5.92 Å². The molecule has 2 saturated heterocycles. The molecule has 0 aromatic heterocycles. The van der Waals surface area contributed by atoms with Crippen molar-refractivity contribution in [2.75, 3.05) is 43.1 Å². The third-order valence-electron chi connectivity index (χ3n) is 6.14. The second kappa shape index (κ2) is 7.89. The lowest BCUT2D eigenvalue weighted by molar-refractivity contribution is -0.129. The van der Waals surface area contributed by atoms with Crippen LogP contribution in [0, 0.1) is 12.8 Å². The molecule has 1 aromatic rings. The topological polar surface area (TPSA) is 61.9 Å². The molecule has 1 atom stereocenters. The van der Waals surface area contributed by atoms with E-state index in [-0.39, 0.29) is 17.7 Å². The van der Waals surface area contributed by atoms with E-state index in [9.17, 15) is 9.59 Å². The fourth-order valence-corrected chi connectivity index (χ4v) is 4.52. The molecule has 1 saturated carbocycles. The number of aryl methyl sites for hydroxylation is 1. The van der Waals surface area contributed by atoms with Crippen LogP contribution in [0.4, 0.5) is 11.4 Å². The molecule has 2 heterocycles. The summed E-state index contributed by atoms with van der Waals surface area (Å²) in [5.41, 5.74) is 3.05. The molecule has 0 bridgehead atoms. The van der Waals surface area contributed by atoms with Crippen LogP contribution < -0.4 is 10.2 Å². The molecule has 0 spiro atoms. The first kappa shape index (κ1) is 18.3. The van der Waals surface area contributed by atoms with E-state index in [1.165, 1.54) is 12.8 Å². The normalized spacial score (nSPS) is 23.9. The summed E-state index contributed by atoms with van der Waals surface area (Å²) < 4.78 is 5.41. The van der Waals surface area contributed by atoms with Gasteiger partial charge in [0, 0.05) is 43.5 Å². The van der Waals surface area contributed by atoms with Gasteiger partial charge in [0.1, 0.15) is 0 Å². The highest BCUT2D eigenvalue weighted by atomic mass is 16.5. The Labute approximate surface area is 160 Å². The molecule has 27 heavy (non-hydrogen) atoms. The summed E-state index contributed by atoms with van der Waals surface area (Å²) >= 11 is 0. The Hall–Kier alpha value is -2.08. The van der Waals surface area contributed by atoms with Gasteiger partial charge in [0.05, 0.1) is 19.1 Å². The molecule has 6 nitrogen and oxygen atoms in total. The average Bonchev–Trinajstić information content (AvgIpc) is 3.33. The molecule has 1 aromatic carbocycles. The maximum Gasteiger partial charge on any atom is 0.229 e. The van der Waals surface area contributed by atoms with Crippen LogP contribution in [0.3, 0.4) is 0 Å². The van der Waals surface area contributed by atoms with E-state index in [1.54, 1.807) is 0 Å². The summed E-state index contributed by atoms with van der Waals surface area (Å²) in [5, 5.41) is 3.05. The Morgan fingerprint density at radius 1 is 1.19 bits per heavy atom. The molecule has 1 unspecified atom stereocenters. The first-order valence-electron chi connectivity index (χ1n) is 10.2. The predicted molar refractivity (Wildman–Crippen MR) is 105 cm³/mol. The first-order chi connectivity index (χ1) is 13.1. The molecule has 2 aliphatic heterocycles. The summed E-state index contributed by atoms with van der Waals surface area (Å²) in [7, 11) is 0. The fraction of sp³-hybridized carbons (Fsp3) is 0.619. The van der Waals surface area contributed by atoms with Gasteiger partial charge in [0.2, 0.25) is 11.8 Å². The molecule has 0 radical (unpaired) electrons. The maximum absolute atomic E-state index is 12.7. The van der Waals surface area contributed by atoms with Gasteiger partial charge in [-0.25, -0.2) is 0 Å². The van der Waals surface area contributed by atoms with Crippen LogP contribution in [-0.4, -0.2) is 55.6 Å². The van der Waals surface area contributed by atoms with Crippen molar-refractivity contribution in [1.29, 1.82) is 0 Å². The van der Waals surface area contributed by atoms with Gasteiger partial charge < -0.3 is 19.9 Å². The number of nitrogens with zero attached hydrogens (tertiary/aromatic N) is 2. The van der Waals surface area contributed by atoms with Crippen molar-refractivity contribution in [3.05, 3.63) is 23.8 Å². The highest BCUT2D eigenvalue weighted by molar-refractivity contribution is 5.97. The number of amides is 2. The molecule has 4 rings (SSSR count). The number of anilines is 2. The van der Waals surface area contributed by atoms with E-state index in [1.807, 2.05) is 17.9 Å². The lowest BCUT2D eigenvalue weighted by Crippen LogP contribution is -2.36. The zero-order valence-corrected chi connectivity index (χ0v) is 16.1. The molecule has 2 amide bonds. The minimum Gasteiger partial charge on any atom is -0.378 e. The van der Waals surface area contributed by atoms with Crippen molar-refractivity contribution >= 4 is 23.2 Å². The molecular formula is C21H29N3O3. The zero-order chi connectivity index (χ0) is 18.8. The summed E-state index contributed by atoms with van der Waals surface area (Å²) in [5.74, 6) is -0.135. The van der Waals surface area contributed by atoms with Gasteiger partial charge in [-0.15, -0.1) is 0 Å². The highest BCUT2D eigenvalue weighted by Crippen LogP contribution is 2.30. The van der Waals surface area contributed by atoms with Crippen molar-refractivity contribution in [1.82, 2.24) is 4.90 Å². The Bertz CT molecular complexity index is 709. The van der Waals surface area contributed by atoms with Crippen LogP contribution in [0.5, 0.6) is 0 Å². The number of rotatable bonds is 4. The Morgan fingerprint density at radius 3 is 2.63 bits per heavy atom. The highest BCUT2D eigenvalue weighted by Gasteiger charge is 2.38. The standard InChI is InChI=1S/C21H29N3O3/c1-15-12-18(23-8-10-27-11-9-23)6-7-19(15)22-21(26)16-13-20(25)24(14-16)17-4-2-3-5-17/h6-7,12,16-17H,2-5,8-11,13-14H2,1H3,(H,22,26). The van der Waals surface area contributed by atoms with Crippen LogP contribution >= 0.6 is 0 Å². The van der Waals surface area contributed by atoms with Gasteiger partial charge in [0.15, 0.2) is 0 Å². The second-order valence-corrected chi connectivity index (χ2v) is 7.97. The third-order valence-corrected chi connectivity index (χ3v) is 6.14. The van der Waals surface area contributed by atoms with E-state index in [2.05, 4.69) is 22.3 Å². The van der Waals surface area contributed by atoms with Crippen molar-refractivity contribution in [2.45, 2.75) is 45.1 Å². The molecule has 1 aliphatic carbocycles. The number of hydrogen-bond acceptors (Lipinski definition) is 4. The van der Waals surface area contributed by atoms with Gasteiger partial charge in [-0.3, -0.25) is 9.59 Å². The predicted octanol–water partition coefficient (Wildman–Crippen LogP) is 2.56. The Morgan fingerprint density at radius 2 is 1.93 bits per heavy atom. The largest absolute Gasteiger partial charge is 0.378 e. The van der Waals surface area contributed by atoms with E-state index in [0.29, 0.717) is 19.0 Å². The van der Waals surface area contributed by atoms with Crippen LogP contribution in [0.2, 0.25) is 0 Å². The van der Waals surface area contributed by atoms with Crippen LogP contribution in [-0.2, 0) is 14.3 Å². The molecule has 1 N–H and O–H groups in total. The number of hydrogen-bond donors (Lipinski definition) is 1. The molecule has 6 heteroatoms.